The van der Waals surface area contributed by atoms with E-state index in [1.54, 1.807) is 4.90 Å². The van der Waals surface area contributed by atoms with Crippen LogP contribution in [0, 0.1) is 0 Å². The van der Waals surface area contributed by atoms with Crippen molar-refractivity contribution in [1.29, 1.82) is 0 Å². The number of anilines is 1. The molecule has 0 aliphatic carbocycles. The van der Waals surface area contributed by atoms with Crippen molar-refractivity contribution in [1.82, 2.24) is 4.90 Å². The highest BCUT2D eigenvalue weighted by molar-refractivity contribution is 5.93. The summed E-state index contributed by atoms with van der Waals surface area (Å²) in [5.41, 5.74) is 1.14. The summed E-state index contributed by atoms with van der Waals surface area (Å²) in [6.07, 6.45) is -0.421. The van der Waals surface area contributed by atoms with Crippen LogP contribution in [0.1, 0.15) is 6.42 Å². The van der Waals surface area contributed by atoms with Crippen molar-refractivity contribution in [2.45, 2.75) is 6.42 Å². The molecular weight excluding hydrogens is 280 g/mol. The van der Waals surface area contributed by atoms with Gasteiger partial charge >= 0.3 is 5.97 Å². The van der Waals surface area contributed by atoms with Crippen molar-refractivity contribution < 1.29 is 14.7 Å². The molecule has 1 amide bonds. The lowest BCUT2D eigenvalue weighted by Gasteiger charge is -2.36. The second kappa shape index (κ2) is 6.05. The molecule has 5 heteroatoms. The minimum absolute atomic E-state index is 0.300. The van der Waals surface area contributed by atoms with Gasteiger partial charge in [0.25, 0.3) is 0 Å². The number of carboxylic acid groups (broad SMARTS) is 1. The average Bonchev–Trinajstić information content (AvgIpc) is 2.54. The predicted molar refractivity (Wildman–Crippen MR) is 85.0 cm³/mol. The third-order valence-electron chi connectivity index (χ3n) is 4.03. The Labute approximate surface area is 128 Å². The Hall–Kier alpha value is -2.56. The van der Waals surface area contributed by atoms with Gasteiger partial charge in [0.05, 0.1) is 0 Å². The average molecular weight is 298 g/mol. The molecule has 2 aromatic rings. The fourth-order valence-corrected chi connectivity index (χ4v) is 2.83. The zero-order valence-electron chi connectivity index (χ0n) is 12.2. The number of hydrogen-bond acceptors (Lipinski definition) is 3. The summed E-state index contributed by atoms with van der Waals surface area (Å²) in [6.45, 7) is 2.59. The molecule has 1 N–H and O–H groups in total. The van der Waals surface area contributed by atoms with Crippen molar-refractivity contribution in [3.05, 3.63) is 42.5 Å². The van der Waals surface area contributed by atoms with E-state index in [-0.39, 0.29) is 5.91 Å². The molecule has 5 nitrogen and oxygen atoms in total. The quantitative estimate of drug-likeness (QED) is 0.880. The molecule has 1 saturated heterocycles. The number of fused-ring (bicyclic) bond motifs is 1. The molecular formula is C17H18N2O3. The van der Waals surface area contributed by atoms with E-state index < -0.39 is 12.4 Å². The van der Waals surface area contributed by atoms with Crippen LogP contribution in [0.3, 0.4) is 0 Å². The number of carbonyl (C=O) groups is 2. The highest BCUT2D eigenvalue weighted by atomic mass is 16.4. The maximum absolute atomic E-state index is 11.8. The molecule has 1 heterocycles. The van der Waals surface area contributed by atoms with E-state index in [1.165, 1.54) is 10.8 Å². The normalized spacial score (nSPS) is 15.1. The Kier molecular flexibility index (Phi) is 3.96. The van der Waals surface area contributed by atoms with Crippen LogP contribution in [0.15, 0.2) is 42.5 Å². The summed E-state index contributed by atoms with van der Waals surface area (Å²) < 4.78 is 0. The van der Waals surface area contributed by atoms with E-state index in [0.717, 1.165) is 18.8 Å². The van der Waals surface area contributed by atoms with Crippen molar-refractivity contribution in [3.63, 3.8) is 0 Å². The minimum atomic E-state index is -1.07. The Morgan fingerprint density at radius 3 is 2.32 bits per heavy atom. The van der Waals surface area contributed by atoms with Crippen molar-refractivity contribution in [3.8, 4) is 0 Å². The molecule has 3 rings (SSSR count). The molecule has 114 valence electrons. The molecule has 1 aliphatic heterocycles. The van der Waals surface area contributed by atoms with Gasteiger partial charge in [0.2, 0.25) is 5.91 Å². The number of piperazine rings is 1. The first kappa shape index (κ1) is 14.4. The number of carboxylic acids is 1. The van der Waals surface area contributed by atoms with Crippen molar-refractivity contribution in [2.24, 2.45) is 0 Å². The van der Waals surface area contributed by atoms with Crippen molar-refractivity contribution in [2.75, 3.05) is 31.1 Å². The number of benzene rings is 2. The summed E-state index contributed by atoms with van der Waals surface area (Å²) in [5.74, 6) is -1.37. The van der Waals surface area contributed by atoms with Gasteiger partial charge in [0.1, 0.15) is 6.42 Å². The highest BCUT2D eigenvalue weighted by Gasteiger charge is 2.22. The summed E-state index contributed by atoms with van der Waals surface area (Å²) in [7, 11) is 0. The molecule has 0 bridgehead atoms. The number of amides is 1. The molecule has 2 aromatic carbocycles. The molecule has 22 heavy (non-hydrogen) atoms. The van der Waals surface area contributed by atoms with E-state index in [1.807, 2.05) is 12.1 Å². The standard InChI is InChI=1S/C17H18N2O3/c20-16(12-17(21)22)19-9-7-18(8-10-19)15-6-5-13-3-1-2-4-14(13)11-15/h1-6,11H,7-10,12H2,(H,21,22). The summed E-state index contributed by atoms with van der Waals surface area (Å²) in [6, 6.07) is 14.6. The topological polar surface area (TPSA) is 60.9 Å². The lowest BCUT2D eigenvalue weighted by molar-refractivity contribution is -0.144. The van der Waals surface area contributed by atoms with Crippen LogP contribution < -0.4 is 4.90 Å². The van der Waals surface area contributed by atoms with Gasteiger partial charge in [-0.15, -0.1) is 0 Å². The molecule has 0 spiro atoms. The van der Waals surface area contributed by atoms with Gasteiger partial charge in [-0.05, 0) is 22.9 Å². The predicted octanol–water partition coefficient (Wildman–Crippen LogP) is 1.96. The van der Waals surface area contributed by atoms with Gasteiger partial charge < -0.3 is 14.9 Å². The summed E-state index contributed by atoms with van der Waals surface area (Å²) in [4.78, 5) is 26.2. The van der Waals surface area contributed by atoms with Gasteiger partial charge in [-0.25, -0.2) is 0 Å². The molecule has 1 aliphatic rings. The molecule has 1 fully saturated rings. The van der Waals surface area contributed by atoms with Gasteiger partial charge in [0.15, 0.2) is 0 Å². The maximum atomic E-state index is 11.8. The maximum Gasteiger partial charge on any atom is 0.312 e. The van der Waals surface area contributed by atoms with Crippen LogP contribution in [0.25, 0.3) is 10.8 Å². The fourth-order valence-electron chi connectivity index (χ4n) is 2.83. The monoisotopic (exact) mass is 298 g/mol. The lowest BCUT2D eigenvalue weighted by Crippen LogP contribution is -2.49. The van der Waals surface area contributed by atoms with E-state index >= 15 is 0 Å². The molecule has 0 unspecified atom stereocenters. The fraction of sp³-hybridized carbons (Fsp3) is 0.294. The van der Waals surface area contributed by atoms with Crippen LogP contribution in [-0.2, 0) is 9.59 Å². The molecule has 0 atom stereocenters. The second-order valence-corrected chi connectivity index (χ2v) is 5.47. The molecule has 0 radical (unpaired) electrons. The molecule has 0 saturated carbocycles. The smallest absolute Gasteiger partial charge is 0.312 e. The number of nitrogens with zero attached hydrogens (tertiary/aromatic N) is 2. The van der Waals surface area contributed by atoms with E-state index in [4.69, 9.17) is 5.11 Å². The van der Waals surface area contributed by atoms with E-state index in [0.29, 0.717) is 13.1 Å². The first-order chi connectivity index (χ1) is 10.6. The molecule has 0 aromatic heterocycles. The largest absolute Gasteiger partial charge is 0.481 e. The Balaban J connectivity index is 1.67. The van der Waals surface area contributed by atoms with Crippen molar-refractivity contribution >= 4 is 28.3 Å². The third-order valence-corrected chi connectivity index (χ3v) is 4.03. The van der Waals surface area contributed by atoms with E-state index in [9.17, 15) is 9.59 Å². The number of aliphatic carboxylic acids is 1. The first-order valence-electron chi connectivity index (χ1n) is 7.37. The number of hydrogen-bond donors (Lipinski definition) is 1. The van der Waals surface area contributed by atoms with Crippen LogP contribution in [-0.4, -0.2) is 48.1 Å². The Morgan fingerprint density at radius 1 is 0.955 bits per heavy atom. The van der Waals surface area contributed by atoms with Gasteiger partial charge in [0, 0.05) is 31.9 Å². The Bertz CT molecular complexity index is 706. The Morgan fingerprint density at radius 2 is 1.64 bits per heavy atom. The van der Waals surface area contributed by atoms with Gasteiger partial charge in [-0.2, -0.15) is 0 Å². The van der Waals surface area contributed by atoms with Crippen LogP contribution in [0.4, 0.5) is 5.69 Å². The van der Waals surface area contributed by atoms with Gasteiger partial charge in [-0.3, -0.25) is 9.59 Å². The van der Waals surface area contributed by atoms with E-state index in [2.05, 4.69) is 35.2 Å². The summed E-state index contributed by atoms with van der Waals surface area (Å²) >= 11 is 0. The SMILES string of the molecule is O=C(O)CC(=O)N1CCN(c2ccc3ccccc3c2)CC1. The second-order valence-electron chi connectivity index (χ2n) is 5.47. The minimum Gasteiger partial charge on any atom is -0.481 e. The third kappa shape index (κ3) is 3.03. The number of rotatable bonds is 3. The van der Waals surface area contributed by atoms with Crippen LogP contribution in [0.5, 0.6) is 0 Å². The zero-order valence-corrected chi connectivity index (χ0v) is 12.2. The first-order valence-corrected chi connectivity index (χ1v) is 7.37. The van der Waals surface area contributed by atoms with Crippen LogP contribution in [0.2, 0.25) is 0 Å². The van der Waals surface area contributed by atoms with Gasteiger partial charge in [-0.1, -0.05) is 30.3 Å². The summed E-state index contributed by atoms with van der Waals surface area (Å²) in [5, 5.41) is 11.1. The zero-order chi connectivity index (χ0) is 15.5. The lowest BCUT2D eigenvalue weighted by atomic mass is 10.1. The number of carbonyl (C=O) groups excluding carboxylic acids is 1. The highest BCUT2D eigenvalue weighted by Crippen LogP contribution is 2.23. The van der Waals surface area contributed by atoms with Crippen LogP contribution >= 0.6 is 0 Å².